The van der Waals surface area contributed by atoms with E-state index in [2.05, 4.69) is 51.9 Å². The fourth-order valence-corrected chi connectivity index (χ4v) is 3.96. The standard InChI is InChI=1S/C20H32N2O2/c1-7-19(4)14-17(15(3)20(5,8-2)22(19)6)24-18(23)21-16-12-10-9-11-13-16/h9-13,15,17H,7-8,14H2,1-6H3,(H,21,23). The van der Waals surface area contributed by atoms with E-state index in [1.807, 2.05) is 30.3 Å². The van der Waals surface area contributed by atoms with E-state index >= 15 is 0 Å². The van der Waals surface area contributed by atoms with E-state index in [1.165, 1.54) is 0 Å². The molecule has 0 aromatic heterocycles. The molecular formula is C20H32N2O2. The predicted molar refractivity (Wildman–Crippen MR) is 99.3 cm³/mol. The van der Waals surface area contributed by atoms with E-state index in [1.54, 1.807) is 0 Å². The Hall–Kier alpha value is -1.55. The Morgan fingerprint density at radius 1 is 1.25 bits per heavy atom. The first-order valence-corrected chi connectivity index (χ1v) is 9.03. The molecule has 1 amide bonds. The first-order chi connectivity index (χ1) is 11.3. The quantitative estimate of drug-likeness (QED) is 0.851. The molecule has 0 saturated carbocycles. The monoisotopic (exact) mass is 332 g/mol. The van der Waals surface area contributed by atoms with Crippen molar-refractivity contribution < 1.29 is 9.53 Å². The van der Waals surface area contributed by atoms with Gasteiger partial charge in [-0.2, -0.15) is 0 Å². The Balaban J connectivity index is 2.15. The minimum absolute atomic E-state index is 0.0146. The first-order valence-electron chi connectivity index (χ1n) is 9.03. The van der Waals surface area contributed by atoms with Crippen molar-refractivity contribution in [1.82, 2.24) is 4.90 Å². The fraction of sp³-hybridized carbons (Fsp3) is 0.650. The minimum atomic E-state index is -0.362. The van der Waals surface area contributed by atoms with Gasteiger partial charge in [-0.05, 0) is 45.9 Å². The van der Waals surface area contributed by atoms with Crippen molar-refractivity contribution in [3.05, 3.63) is 30.3 Å². The Morgan fingerprint density at radius 3 is 2.42 bits per heavy atom. The van der Waals surface area contributed by atoms with Gasteiger partial charge in [-0.25, -0.2) is 4.79 Å². The molecule has 2 rings (SSSR count). The molecule has 1 aliphatic heterocycles. The number of carbonyl (C=O) groups is 1. The van der Waals surface area contributed by atoms with E-state index in [0.29, 0.717) is 0 Å². The zero-order valence-electron chi connectivity index (χ0n) is 15.9. The Morgan fingerprint density at radius 2 is 1.88 bits per heavy atom. The third-order valence-corrected chi connectivity index (χ3v) is 6.51. The van der Waals surface area contributed by atoms with Crippen LogP contribution in [0.1, 0.15) is 53.9 Å². The summed E-state index contributed by atoms with van der Waals surface area (Å²) in [5.41, 5.74) is 0.815. The largest absolute Gasteiger partial charge is 0.446 e. The van der Waals surface area contributed by atoms with Crippen molar-refractivity contribution in [2.45, 2.75) is 71.1 Å². The van der Waals surface area contributed by atoms with Crippen molar-refractivity contribution in [3.63, 3.8) is 0 Å². The number of amides is 1. The van der Waals surface area contributed by atoms with Crippen LogP contribution in [0.15, 0.2) is 30.3 Å². The number of anilines is 1. The lowest BCUT2D eigenvalue weighted by Gasteiger charge is -2.59. The van der Waals surface area contributed by atoms with Crippen molar-refractivity contribution in [2.75, 3.05) is 12.4 Å². The molecule has 1 saturated heterocycles. The molecule has 1 aliphatic rings. The summed E-state index contributed by atoms with van der Waals surface area (Å²) in [4.78, 5) is 14.9. The smallest absolute Gasteiger partial charge is 0.411 e. The molecular weight excluding hydrogens is 300 g/mol. The average molecular weight is 332 g/mol. The lowest BCUT2D eigenvalue weighted by atomic mass is 9.68. The fourth-order valence-electron chi connectivity index (χ4n) is 3.96. The normalized spacial score (nSPS) is 33.9. The summed E-state index contributed by atoms with van der Waals surface area (Å²) in [7, 11) is 2.21. The van der Waals surface area contributed by atoms with Gasteiger partial charge in [0.05, 0.1) is 0 Å². The van der Waals surface area contributed by atoms with Crippen molar-refractivity contribution in [1.29, 1.82) is 0 Å². The molecule has 1 aromatic rings. The molecule has 0 aliphatic carbocycles. The molecule has 0 spiro atoms. The van der Waals surface area contributed by atoms with E-state index in [0.717, 1.165) is 24.9 Å². The summed E-state index contributed by atoms with van der Waals surface area (Å²) in [5, 5.41) is 2.84. The first kappa shape index (κ1) is 18.8. The van der Waals surface area contributed by atoms with Crippen molar-refractivity contribution in [3.8, 4) is 0 Å². The molecule has 134 valence electrons. The highest BCUT2D eigenvalue weighted by atomic mass is 16.6. The van der Waals surface area contributed by atoms with Gasteiger partial charge < -0.3 is 4.74 Å². The van der Waals surface area contributed by atoms with Gasteiger partial charge in [0.1, 0.15) is 6.10 Å². The third-order valence-electron chi connectivity index (χ3n) is 6.51. The topological polar surface area (TPSA) is 41.6 Å². The number of benzene rings is 1. The SMILES string of the molecule is CCC1(C)CC(OC(=O)Nc2ccccc2)C(C)C(C)(CC)N1C. The van der Waals surface area contributed by atoms with E-state index < -0.39 is 0 Å². The third kappa shape index (κ3) is 3.44. The van der Waals surface area contributed by atoms with E-state index in [9.17, 15) is 4.79 Å². The maximum atomic E-state index is 12.4. The average Bonchev–Trinajstić information content (AvgIpc) is 2.58. The van der Waals surface area contributed by atoms with Crippen molar-refractivity contribution in [2.24, 2.45) is 5.92 Å². The van der Waals surface area contributed by atoms with Gasteiger partial charge in [0, 0.05) is 29.1 Å². The second-order valence-corrected chi connectivity index (χ2v) is 7.55. The molecule has 1 aromatic carbocycles. The van der Waals surface area contributed by atoms with Crippen LogP contribution in [0.25, 0.3) is 0 Å². The molecule has 1 heterocycles. The highest BCUT2D eigenvalue weighted by Crippen LogP contribution is 2.45. The second kappa shape index (κ2) is 7.14. The lowest BCUT2D eigenvalue weighted by Crippen LogP contribution is -2.66. The number of nitrogens with one attached hydrogen (secondary N) is 1. The number of nitrogens with zero attached hydrogens (tertiary/aromatic N) is 1. The van der Waals surface area contributed by atoms with Crippen LogP contribution in [-0.2, 0) is 4.74 Å². The molecule has 1 N–H and O–H groups in total. The van der Waals surface area contributed by atoms with Gasteiger partial charge in [0.15, 0.2) is 0 Å². The number of likely N-dealkylation sites (tertiary alicyclic amines) is 1. The summed E-state index contributed by atoms with van der Waals surface area (Å²) in [5.74, 6) is 0.272. The van der Waals surface area contributed by atoms with Crippen LogP contribution < -0.4 is 5.32 Å². The predicted octanol–water partition coefficient (Wildman–Crippen LogP) is 4.91. The van der Waals surface area contributed by atoms with E-state index in [-0.39, 0.29) is 29.2 Å². The number of piperidine rings is 1. The zero-order chi connectivity index (χ0) is 18.0. The second-order valence-electron chi connectivity index (χ2n) is 7.55. The molecule has 0 radical (unpaired) electrons. The number of para-hydroxylation sites is 1. The van der Waals surface area contributed by atoms with Crippen LogP contribution in [0.5, 0.6) is 0 Å². The van der Waals surface area contributed by atoms with E-state index in [4.69, 9.17) is 4.74 Å². The molecule has 4 atom stereocenters. The molecule has 1 fully saturated rings. The summed E-state index contributed by atoms with van der Waals surface area (Å²) < 4.78 is 5.87. The lowest BCUT2D eigenvalue weighted by molar-refractivity contribution is -0.122. The van der Waals surface area contributed by atoms with Gasteiger partial charge in [-0.15, -0.1) is 0 Å². The Kier molecular flexibility index (Phi) is 5.59. The van der Waals surface area contributed by atoms with Gasteiger partial charge >= 0.3 is 6.09 Å². The highest BCUT2D eigenvalue weighted by Gasteiger charge is 2.52. The van der Waals surface area contributed by atoms with Gasteiger partial charge in [-0.1, -0.05) is 39.0 Å². The summed E-state index contributed by atoms with van der Waals surface area (Å²) in [6.07, 6.45) is 2.48. The maximum absolute atomic E-state index is 12.4. The number of hydrogen-bond acceptors (Lipinski definition) is 3. The van der Waals surface area contributed by atoms with Crippen LogP contribution in [0.4, 0.5) is 10.5 Å². The minimum Gasteiger partial charge on any atom is -0.446 e. The number of ether oxygens (including phenoxy) is 1. The number of rotatable bonds is 4. The molecule has 4 heteroatoms. The van der Waals surface area contributed by atoms with Crippen molar-refractivity contribution >= 4 is 11.8 Å². The van der Waals surface area contributed by atoms with Crippen LogP contribution in [-0.4, -0.2) is 35.2 Å². The highest BCUT2D eigenvalue weighted by molar-refractivity contribution is 5.84. The summed E-state index contributed by atoms with van der Waals surface area (Å²) >= 11 is 0. The van der Waals surface area contributed by atoms with Gasteiger partial charge in [0.25, 0.3) is 0 Å². The van der Waals surface area contributed by atoms with Crippen LogP contribution in [0, 0.1) is 5.92 Å². The van der Waals surface area contributed by atoms with Crippen LogP contribution in [0.3, 0.4) is 0 Å². The number of hydrogen-bond donors (Lipinski definition) is 1. The number of carbonyl (C=O) groups excluding carboxylic acids is 1. The molecule has 4 nitrogen and oxygen atoms in total. The molecule has 24 heavy (non-hydrogen) atoms. The zero-order valence-corrected chi connectivity index (χ0v) is 15.9. The molecule has 4 unspecified atom stereocenters. The summed E-state index contributed by atoms with van der Waals surface area (Å²) in [6.45, 7) is 11.2. The van der Waals surface area contributed by atoms with Crippen LogP contribution >= 0.6 is 0 Å². The maximum Gasteiger partial charge on any atom is 0.411 e. The van der Waals surface area contributed by atoms with Gasteiger partial charge in [-0.3, -0.25) is 10.2 Å². The van der Waals surface area contributed by atoms with Crippen LogP contribution in [0.2, 0.25) is 0 Å². The van der Waals surface area contributed by atoms with Gasteiger partial charge in [0.2, 0.25) is 0 Å². The summed E-state index contributed by atoms with van der Waals surface area (Å²) in [6, 6.07) is 9.46. The Bertz CT molecular complexity index is 562. The molecule has 0 bridgehead atoms. The Labute approximate surface area is 146 Å².